The van der Waals surface area contributed by atoms with Crippen molar-refractivity contribution in [2.24, 2.45) is 0 Å². The third-order valence-corrected chi connectivity index (χ3v) is 2.36. The fourth-order valence-electron chi connectivity index (χ4n) is 1.37. The fourth-order valence-corrected chi connectivity index (χ4v) is 1.37. The average molecular weight is 222 g/mol. The molecule has 4 heteroatoms. The van der Waals surface area contributed by atoms with E-state index in [1.54, 1.807) is 0 Å². The number of benzene rings is 1. The van der Waals surface area contributed by atoms with Crippen LogP contribution in [-0.4, -0.2) is 32.4 Å². The summed E-state index contributed by atoms with van der Waals surface area (Å²) in [6.45, 7) is 1.30. The zero-order chi connectivity index (χ0) is 11.4. The van der Waals surface area contributed by atoms with E-state index in [0.717, 1.165) is 17.9 Å². The number of ether oxygens (including phenoxy) is 3. The van der Waals surface area contributed by atoms with Crippen LogP contribution in [0.15, 0.2) is 24.3 Å². The molecule has 0 radical (unpaired) electrons. The normalized spacial score (nSPS) is 17.9. The summed E-state index contributed by atoms with van der Waals surface area (Å²) in [5.74, 6) is 0.460. The number of carbonyl (C=O) groups is 1. The predicted octanol–water partition coefficient (Wildman–Crippen LogP) is 1.18. The highest BCUT2D eigenvalue weighted by Crippen LogP contribution is 2.20. The van der Waals surface area contributed by atoms with Gasteiger partial charge in [-0.3, -0.25) is 4.79 Å². The van der Waals surface area contributed by atoms with E-state index >= 15 is 0 Å². The summed E-state index contributed by atoms with van der Waals surface area (Å²) in [6, 6.07) is 7.46. The lowest BCUT2D eigenvalue weighted by Gasteiger charge is -2.09. The molecule has 0 saturated carbocycles. The highest BCUT2D eigenvalue weighted by atomic mass is 16.6. The van der Waals surface area contributed by atoms with Crippen LogP contribution in [0.4, 0.5) is 0 Å². The van der Waals surface area contributed by atoms with Crippen molar-refractivity contribution in [3.63, 3.8) is 0 Å². The van der Waals surface area contributed by atoms with Gasteiger partial charge < -0.3 is 14.2 Å². The van der Waals surface area contributed by atoms with Gasteiger partial charge in [-0.05, 0) is 6.07 Å². The lowest BCUT2D eigenvalue weighted by molar-refractivity contribution is -0.139. The highest BCUT2D eigenvalue weighted by molar-refractivity contribution is 5.73. The maximum absolute atomic E-state index is 11.2. The molecule has 0 amide bonds. The Hall–Kier alpha value is -1.55. The second kappa shape index (κ2) is 4.99. The molecule has 1 unspecified atom stereocenters. The van der Waals surface area contributed by atoms with Crippen molar-refractivity contribution in [2.45, 2.75) is 12.5 Å². The molecular formula is C12H14O4. The first-order valence-corrected chi connectivity index (χ1v) is 5.18. The first-order valence-electron chi connectivity index (χ1n) is 5.18. The molecule has 0 aromatic heterocycles. The lowest BCUT2D eigenvalue weighted by Crippen LogP contribution is -2.09. The molecule has 1 aromatic rings. The van der Waals surface area contributed by atoms with Gasteiger partial charge in [0.05, 0.1) is 20.1 Å². The van der Waals surface area contributed by atoms with Gasteiger partial charge in [0.1, 0.15) is 18.5 Å². The molecule has 1 fully saturated rings. The summed E-state index contributed by atoms with van der Waals surface area (Å²) < 4.78 is 15.3. The van der Waals surface area contributed by atoms with E-state index in [-0.39, 0.29) is 18.5 Å². The van der Waals surface area contributed by atoms with Gasteiger partial charge in [0.25, 0.3) is 0 Å². The van der Waals surface area contributed by atoms with E-state index in [2.05, 4.69) is 4.74 Å². The molecule has 0 spiro atoms. The second-order valence-corrected chi connectivity index (χ2v) is 3.63. The van der Waals surface area contributed by atoms with Crippen molar-refractivity contribution >= 4 is 5.97 Å². The number of epoxide rings is 1. The maximum atomic E-state index is 11.2. The Balaban J connectivity index is 2.00. The molecule has 2 rings (SSSR count). The average Bonchev–Trinajstić information content (AvgIpc) is 3.11. The van der Waals surface area contributed by atoms with E-state index in [9.17, 15) is 4.79 Å². The summed E-state index contributed by atoms with van der Waals surface area (Å²) in [6.07, 6.45) is 0.448. The third kappa shape index (κ3) is 2.97. The number of carbonyl (C=O) groups excluding carboxylic acids is 1. The monoisotopic (exact) mass is 222 g/mol. The zero-order valence-corrected chi connectivity index (χ0v) is 9.14. The van der Waals surface area contributed by atoms with Gasteiger partial charge >= 0.3 is 5.97 Å². The van der Waals surface area contributed by atoms with Gasteiger partial charge in [0, 0.05) is 5.56 Å². The lowest BCUT2D eigenvalue weighted by atomic mass is 10.1. The van der Waals surface area contributed by atoms with Gasteiger partial charge in [-0.25, -0.2) is 0 Å². The van der Waals surface area contributed by atoms with Crippen molar-refractivity contribution in [3.8, 4) is 5.75 Å². The van der Waals surface area contributed by atoms with Crippen LogP contribution >= 0.6 is 0 Å². The summed E-state index contributed by atoms with van der Waals surface area (Å²) in [4.78, 5) is 11.2. The van der Waals surface area contributed by atoms with E-state index in [1.165, 1.54) is 7.11 Å². The van der Waals surface area contributed by atoms with Crippen molar-refractivity contribution < 1.29 is 19.0 Å². The van der Waals surface area contributed by atoms with Crippen molar-refractivity contribution in [3.05, 3.63) is 29.8 Å². The van der Waals surface area contributed by atoms with Crippen molar-refractivity contribution in [2.75, 3.05) is 20.3 Å². The predicted molar refractivity (Wildman–Crippen MR) is 57.4 cm³/mol. The molecule has 16 heavy (non-hydrogen) atoms. The minimum absolute atomic E-state index is 0.214. The summed E-state index contributed by atoms with van der Waals surface area (Å²) >= 11 is 0. The van der Waals surface area contributed by atoms with Crippen LogP contribution < -0.4 is 4.74 Å². The molecule has 1 saturated heterocycles. The standard InChI is InChI=1S/C12H14O4/c1-14-12(13)6-9-4-2-3-5-11(9)16-8-10-7-15-10/h2-5,10H,6-8H2,1H3. The smallest absolute Gasteiger partial charge is 0.310 e. The van der Waals surface area contributed by atoms with Gasteiger partial charge in [-0.1, -0.05) is 18.2 Å². The quantitative estimate of drug-likeness (QED) is 0.554. The van der Waals surface area contributed by atoms with Crippen molar-refractivity contribution in [1.29, 1.82) is 0 Å². The van der Waals surface area contributed by atoms with Crippen LogP contribution in [0, 0.1) is 0 Å². The third-order valence-electron chi connectivity index (χ3n) is 2.36. The van der Waals surface area contributed by atoms with Crippen LogP contribution in [-0.2, 0) is 20.7 Å². The Morgan fingerprint density at radius 3 is 2.94 bits per heavy atom. The Kier molecular flexibility index (Phi) is 3.41. The molecule has 1 atom stereocenters. The highest BCUT2D eigenvalue weighted by Gasteiger charge is 2.23. The minimum atomic E-state index is -0.265. The topological polar surface area (TPSA) is 48.1 Å². The number of rotatable bonds is 5. The molecule has 1 aliphatic heterocycles. The Bertz CT molecular complexity index is 371. The van der Waals surface area contributed by atoms with E-state index < -0.39 is 0 Å². The molecule has 4 nitrogen and oxygen atoms in total. The Morgan fingerprint density at radius 1 is 1.50 bits per heavy atom. The molecule has 1 heterocycles. The van der Waals surface area contributed by atoms with Crippen LogP contribution in [0.2, 0.25) is 0 Å². The first kappa shape index (κ1) is 11.0. The molecule has 0 N–H and O–H groups in total. The van der Waals surface area contributed by atoms with Crippen LogP contribution in [0.1, 0.15) is 5.56 Å². The van der Waals surface area contributed by atoms with E-state index in [4.69, 9.17) is 9.47 Å². The van der Waals surface area contributed by atoms with Crippen LogP contribution in [0.3, 0.4) is 0 Å². The summed E-state index contributed by atoms with van der Waals surface area (Å²) in [7, 11) is 1.38. The van der Waals surface area contributed by atoms with Crippen molar-refractivity contribution in [1.82, 2.24) is 0 Å². The fraction of sp³-hybridized carbons (Fsp3) is 0.417. The molecule has 1 aromatic carbocycles. The largest absolute Gasteiger partial charge is 0.490 e. The minimum Gasteiger partial charge on any atom is -0.490 e. The van der Waals surface area contributed by atoms with E-state index in [0.29, 0.717) is 6.61 Å². The van der Waals surface area contributed by atoms with Crippen LogP contribution in [0.5, 0.6) is 5.75 Å². The number of hydrogen-bond donors (Lipinski definition) is 0. The molecule has 0 aliphatic carbocycles. The van der Waals surface area contributed by atoms with Gasteiger partial charge in [-0.15, -0.1) is 0 Å². The number of esters is 1. The number of hydrogen-bond acceptors (Lipinski definition) is 4. The molecule has 86 valence electrons. The Morgan fingerprint density at radius 2 is 2.25 bits per heavy atom. The molecule has 1 aliphatic rings. The Labute approximate surface area is 94.1 Å². The van der Waals surface area contributed by atoms with Gasteiger partial charge in [0.15, 0.2) is 0 Å². The maximum Gasteiger partial charge on any atom is 0.310 e. The summed E-state index contributed by atoms with van der Waals surface area (Å²) in [5, 5.41) is 0. The van der Waals surface area contributed by atoms with E-state index in [1.807, 2.05) is 24.3 Å². The number of methoxy groups -OCH3 is 1. The first-order chi connectivity index (χ1) is 7.79. The van der Waals surface area contributed by atoms with Gasteiger partial charge in [0.2, 0.25) is 0 Å². The summed E-state index contributed by atoms with van der Waals surface area (Å²) in [5.41, 5.74) is 0.843. The second-order valence-electron chi connectivity index (χ2n) is 3.63. The molecule has 0 bridgehead atoms. The van der Waals surface area contributed by atoms with Gasteiger partial charge in [-0.2, -0.15) is 0 Å². The number of para-hydroxylation sites is 1. The molecular weight excluding hydrogens is 208 g/mol. The zero-order valence-electron chi connectivity index (χ0n) is 9.14. The SMILES string of the molecule is COC(=O)Cc1ccccc1OCC1CO1. The van der Waals surface area contributed by atoms with Crippen LogP contribution in [0.25, 0.3) is 0 Å².